The molecule has 0 spiro atoms. The quantitative estimate of drug-likeness (QED) is 0.510. The number of piperidine rings is 1. The Morgan fingerprint density at radius 1 is 1.25 bits per heavy atom. The molecule has 1 aliphatic heterocycles. The molecule has 0 amide bonds. The van der Waals surface area contributed by atoms with Crippen molar-refractivity contribution in [1.29, 1.82) is 0 Å². The van der Waals surface area contributed by atoms with E-state index in [4.69, 9.17) is 5.73 Å². The van der Waals surface area contributed by atoms with E-state index in [9.17, 15) is 5.11 Å². The average molecular weight is 219 g/mol. The molecule has 0 radical (unpaired) electrons. The summed E-state index contributed by atoms with van der Waals surface area (Å²) >= 11 is 0. The zero-order chi connectivity index (χ0) is 11.4. The third-order valence-electron chi connectivity index (χ3n) is 2.79. The maximum absolute atomic E-state index is 9.17. The van der Waals surface area contributed by atoms with Gasteiger partial charge in [-0.15, -0.1) is 0 Å². The maximum Gasteiger partial charge on any atom is 0.125 e. The Hall–Kier alpha value is -1.55. The highest BCUT2D eigenvalue weighted by Crippen LogP contribution is 2.12. The monoisotopic (exact) mass is 219 g/mol. The van der Waals surface area contributed by atoms with Crippen molar-refractivity contribution in [3.05, 3.63) is 29.8 Å². The first-order valence-corrected chi connectivity index (χ1v) is 5.59. The Morgan fingerprint density at radius 3 is 2.50 bits per heavy atom. The van der Waals surface area contributed by atoms with Gasteiger partial charge in [-0.05, 0) is 50.2 Å². The summed E-state index contributed by atoms with van der Waals surface area (Å²) in [4.78, 5) is 4.51. The molecule has 4 N–H and O–H groups in total. The standard InChI is InChI=1S/C12H17N3O/c13-12(9-1-3-11(16)4-2-9)15-10-5-7-14-8-6-10/h1-4,10,14,16H,5-8H2,(H2,13,15). The molecule has 16 heavy (non-hydrogen) atoms. The van der Waals surface area contributed by atoms with Crippen LogP contribution in [0.25, 0.3) is 0 Å². The summed E-state index contributed by atoms with van der Waals surface area (Å²) in [6.07, 6.45) is 2.08. The summed E-state index contributed by atoms with van der Waals surface area (Å²) in [6, 6.07) is 7.15. The molecular weight excluding hydrogens is 202 g/mol. The van der Waals surface area contributed by atoms with Crippen LogP contribution >= 0.6 is 0 Å². The highest BCUT2D eigenvalue weighted by molar-refractivity contribution is 5.97. The maximum atomic E-state index is 9.17. The summed E-state index contributed by atoms with van der Waals surface area (Å²) in [6.45, 7) is 2.02. The van der Waals surface area contributed by atoms with Crippen LogP contribution in [0.1, 0.15) is 18.4 Å². The molecule has 1 aromatic rings. The van der Waals surface area contributed by atoms with E-state index in [0.717, 1.165) is 31.5 Å². The number of hydrogen-bond acceptors (Lipinski definition) is 3. The van der Waals surface area contributed by atoms with Gasteiger partial charge in [0.1, 0.15) is 11.6 Å². The van der Waals surface area contributed by atoms with Gasteiger partial charge in [-0.25, -0.2) is 0 Å². The molecule has 1 saturated heterocycles. The topological polar surface area (TPSA) is 70.6 Å². The average Bonchev–Trinajstić information content (AvgIpc) is 2.31. The molecule has 1 aromatic carbocycles. The predicted octanol–water partition coefficient (Wildman–Crippen LogP) is 0.849. The number of aliphatic imine (C=N–C) groups is 1. The molecule has 0 aromatic heterocycles. The first kappa shape index (κ1) is 11.0. The van der Waals surface area contributed by atoms with E-state index in [0.29, 0.717) is 11.9 Å². The van der Waals surface area contributed by atoms with Gasteiger partial charge in [0.15, 0.2) is 0 Å². The van der Waals surface area contributed by atoms with Gasteiger partial charge in [0, 0.05) is 5.56 Å². The predicted molar refractivity (Wildman–Crippen MR) is 64.7 cm³/mol. The van der Waals surface area contributed by atoms with Gasteiger partial charge in [0.2, 0.25) is 0 Å². The number of phenols is 1. The van der Waals surface area contributed by atoms with E-state index >= 15 is 0 Å². The Kier molecular flexibility index (Phi) is 3.41. The SMILES string of the molecule is NC(=NC1CCNCC1)c1ccc(O)cc1. The lowest BCUT2D eigenvalue weighted by Gasteiger charge is -2.19. The van der Waals surface area contributed by atoms with Crippen LogP contribution in [0.4, 0.5) is 0 Å². The Bertz CT molecular complexity index is 366. The van der Waals surface area contributed by atoms with Crippen molar-refractivity contribution in [3.8, 4) is 5.75 Å². The van der Waals surface area contributed by atoms with Crippen molar-refractivity contribution in [2.45, 2.75) is 18.9 Å². The third kappa shape index (κ3) is 2.73. The minimum atomic E-state index is 0.249. The Balaban J connectivity index is 2.07. The van der Waals surface area contributed by atoms with E-state index < -0.39 is 0 Å². The van der Waals surface area contributed by atoms with Crippen LogP contribution in [0.2, 0.25) is 0 Å². The van der Waals surface area contributed by atoms with Crippen LogP contribution in [0.3, 0.4) is 0 Å². The van der Waals surface area contributed by atoms with Gasteiger partial charge < -0.3 is 16.2 Å². The lowest BCUT2D eigenvalue weighted by molar-refractivity contribution is 0.459. The van der Waals surface area contributed by atoms with E-state index in [2.05, 4.69) is 10.3 Å². The van der Waals surface area contributed by atoms with E-state index in [1.807, 2.05) is 0 Å². The lowest BCUT2D eigenvalue weighted by atomic mass is 10.1. The number of hydrogen-bond donors (Lipinski definition) is 3. The van der Waals surface area contributed by atoms with Gasteiger partial charge in [-0.3, -0.25) is 4.99 Å². The molecule has 0 aliphatic carbocycles. The highest BCUT2D eigenvalue weighted by atomic mass is 16.3. The first-order chi connectivity index (χ1) is 7.75. The van der Waals surface area contributed by atoms with Crippen molar-refractivity contribution in [3.63, 3.8) is 0 Å². The zero-order valence-electron chi connectivity index (χ0n) is 9.19. The van der Waals surface area contributed by atoms with Crippen molar-refractivity contribution in [2.24, 2.45) is 10.7 Å². The van der Waals surface area contributed by atoms with Gasteiger partial charge in [0.05, 0.1) is 6.04 Å². The second-order valence-corrected chi connectivity index (χ2v) is 4.04. The molecule has 0 saturated carbocycles. The number of nitrogens with two attached hydrogens (primary N) is 1. The summed E-state index contributed by atoms with van der Waals surface area (Å²) in [5.41, 5.74) is 6.80. The zero-order valence-corrected chi connectivity index (χ0v) is 9.19. The van der Waals surface area contributed by atoms with Crippen LogP contribution in [-0.2, 0) is 0 Å². The van der Waals surface area contributed by atoms with Gasteiger partial charge >= 0.3 is 0 Å². The summed E-state index contributed by atoms with van der Waals surface area (Å²) in [5, 5.41) is 12.5. The minimum Gasteiger partial charge on any atom is -0.508 e. The fourth-order valence-corrected chi connectivity index (χ4v) is 1.84. The number of benzene rings is 1. The van der Waals surface area contributed by atoms with Crippen LogP contribution in [0, 0.1) is 0 Å². The second kappa shape index (κ2) is 4.99. The first-order valence-electron chi connectivity index (χ1n) is 5.59. The molecule has 1 aliphatic rings. The van der Waals surface area contributed by atoms with Crippen LogP contribution in [0.15, 0.2) is 29.3 Å². The van der Waals surface area contributed by atoms with Gasteiger partial charge in [-0.1, -0.05) is 0 Å². The summed E-state index contributed by atoms with van der Waals surface area (Å²) in [5.74, 6) is 0.810. The lowest BCUT2D eigenvalue weighted by Crippen LogP contribution is -2.31. The van der Waals surface area contributed by atoms with Crippen LogP contribution < -0.4 is 11.1 Å². The highest BCUT2D eigenvalue weighted by Gasteiger charge is 2.12. The number of nitrogens with zero attached hydrogens (tertiary/aromatic N) is 1. The largest absolute Gasteiger partial charge is 0.508 e. The minimum absolute atomic E-state index is 0.249. The Morgan fingerprint density at radius 2 is 1.88 bits per heavy atom. The van der Waals surface area contributed by atoms with Crippen molar-refractivity contribution in [2.75, 3.05) is 13.1 Å². The second-order valence-electron chi connectivity index (χ2n) is 4.04. The number of phenolic OH excluding ortho intramolecular Hbond substituents is 1. The van der Waals surface area contributed by atoms with Gasteiger partial charge in [0.25, 0.3) is 0 Å². The number of amidine groups is 1. The van der Waals surface area contributed by atoms with Gasteiger partial charge in [-0.2, -0.15) is 0 Å². The fourth-order valence-electron chi connectivity index (χ4n) is 1.84. The van der Waals surface area contributed by atoms with E-state index in [1.54, 1.807) is 24.3 Å². The number of nitrogens with one attached hydrogen (secondary N) is 1. The molecule has 0 unspecified atom stereocenters. The molecular formula is C12H17N3O. The molecule has 4 heteroatoms. The molecule has 2 rings (SSSR count). The molecule has 1 heterocycles. The number of aromatic hydroxyl groups is 1. The van der Waals surface area contributed by atoms with Crippen LogP contribution in [-0.4, -0.2) is 30.1 Å². The normalized spacial score (nSPS) is 18.6. The third-order valence-corrected chi connectivity index (χ3v) is 2.79. The molecule has 4 nitrogen and oxygen atoms in total. The van der Waals surface area contributed by atoms with E-state index in [-0.39, 0.29) is 5.75 Å². The van der Waals surface area contributed by atoms with Crippen molar-refractivity contribution in [1.82, 2.24) is 5.32 Å². The molecule has 86 valence electrons. The number of rotatable bonds is 2. The molecule has 0 bridgehead atoms. The van der Waals surface area contributed by atoms with Crippen molar-refractivity contribution < 1.29 is 5.11 Å². The molecule has 1 fully saturated rings. The van der Waals surface area contributed by atoms with Crippen molar-refractivity contribution >= 4 is 5.84 Å². The smallest absolute Gasteiger partial charge is 0.125 e. The Labute approximate surface area is 95.2 Å². The summed E-state index contributed by atoms with van der Waals surface area (Å²) < 4.78 is 0. The van der Waals surface area contributed by atoms with E-state index in [1.165, 1.54) is 0 Å². The van der Waals surface area contributed by atoms with Crippen LogP contribution in [0.5, 0.6) is 5.75 Å². The fraction of sp³-hybridized carbons (Fsp3) is 0.417. The molecule has 0 atom stereocenters. The summed E-state index contributed by atoms with van der Waals surface area (Å²) in [7, 11) is 0.